The summed E-state index contributed by atoms with van der Waals surface area (Å²) in [7, 11) is 0. The molecule has 2 atom stereocenters. The molecule has 0 radical (unpaired) electrons. The molecule has 1 amide bonds. The van der Waals surface area contributed by atoms with E-state index in [2.05, 4.69) is 71.1 Å². The number of hydrogen-bond acceptors (Lipinski definition) is 6. The Balaban J connectivity index is 1.06. The molecule has 2 saturated heterocycles. The van der Waals surface area contributed by atoms with Crippen LogP contribution < -0.4 is 9.64 Å². The summed E-state index contributed by atoms with van der Waals surface area (Å²) in [6, 6.07) is 9.14. The number of carbonyl (C=O) groups excluding carboxylic acids is 1. The Morgan fingerprint density at radius 1 is 1.11 bits per heavy atom. The van der Waals surface area contributed by atoms with Gasteiger partial charge in [-0.3, -0.25) is 4.79 Å². The molecule has 7 nitrogen and oxygen atoms in total. The van der Waals surface area contributed by atoms with Gasteiger partial charge in [0.05, 0.1) is 6.61 Å². The maximum Gasteiger partial charge on any atom is 0.324 e. The second kappa shape index (κ2) is 11.1. The van der Waals surface area contributed by atoms with Crippen molar-refractivity contribution in [1.29, 1.82) is 0 Å². The molecule has 2 fully saturated rings. The topological polar surface area (TPSA) is 71.7 Å². The fraction of sp³-hybridized carbons (Fsp3) is 0.621. The smallest absolute Gasteiger partial charge is 0.324 e. The lowest BCUT2D eigenvalue weighted by molar-refractivity contribution is -0.134. The molecule has 1 unspecified atom stereocenters. The number of allylic oxidation sites excluding steroid dienone is 2. The van der Waals surface area contributed by atoms with Crippen LogP contribution in [0.15, 0.2) is 34.9 Å². The maximum absolute atomic E-state index is 12.8. The van der Waals surface area contributed by atoms with Crippen molar-refractivity contribution in [2.45, 2.75) is 65.2 Å². The molecule has 2 aliphatic heterocycles. The van der Waals surface area contributed by atoms with Crippen molar-refractivity contribution in [3.05, 3.63) is 41.7 Å². The molecule has 5 rings (SSSR count). The van der Waals surface area contributed by atoms with Gasteiger partial charge in [-0.25, -0.2) is 0 Å². The number of ether oxygens (including phenoxy) is 1. The van der Waals surface area contributed by atoms with Gasteiger partial charge in [-0.2, -0.15) is 4.98 Å². The van der Waals surface area contributed by atoms with Gasteiger partial charge in [0, 0.05) is 38.0 Å². The van der Waals surface area contributed by atoms with Crippen LogP contribution in [-0.4, -0.2) is 53.7 Å². The van der Waals surface area contributed by atoms with Gasteiger partial charge in [0.25, 0.3) is 0 Å². The van der Waals surface area contributed by atoms with E-state index in [0.29, 0.717) is 23.8 Å². The van der Waals surface area contributed by atoms with Crippen LogP contribution in [0.3, 0.4) is 0 Å². The average molecular weight is 493 g/mol. The SMILES string of the molecule is CC(C)c1noc(N2CCC(COc3ccc(C4=CCC(C(=O)N5CC[C@H](C)C5)CC4)cc3)CC2)n1. The molecule has 0 N–H and O–H groups in total. The molecule has 3 heterocycles. The van der Waals surface area contributed by atoms with Gasteiger partial charge < -0.3 is 19.1 Å². The van der Waals surface area contributed by atoms with E-state index in [4.69, 9.17) is 9.26 Å². The summed E-state index contributed by atoms with van der Waals surface area (Å²) in [5.41, 5.74) is 2.60. The van der Waals surface area contributed by atoms with Gasteiger partial charge >= 0.3 is 6.01 Å². The number of rotatable bonds is 7. The zero-order chi connectivity index (χ0) is 25.1. The van der Waals surface area contributed by atoms with Crippen molar-refractivity contribution in [2.75, 3.05) is 37.7 Å². The average Bonchev–Trinajstić information content (AvgIpc) is 3.58. The molecule has 36 heavy (non-hydrogen) atoms. The fourth-order valence-electron chi connectivity index (χ4n) is 5.57. The lowest BCUT2D eigenvalue weighted by Gasteiger charge is -2.30. The van der Waals surface area contributed by atoms with Crippen LogP contribution in [0.5, 0.6) is 5.75 Å². The first-order valence-electron chi connectivity index (χ1n) is 13.8. The Morgan fingerprint density at radius 3 is 2.50 bits per heavy atom. The number of piperidine rings is 1. The number of hydrogen-bond donors (Lipinski definition) is 0. The van der Waals surface area contributed by atoms with Crippen molar-refractivity contribution in [1.82, 2.24) is 15.0 Å². The number of anilines is 1. The molecule has 7 heteroatoms. The minimum atomic E-state index is 0.158. The highest BCUT2D eigenvalue weighted by Crippen LogP contribution is 2.33. The number of benzene rings is 1. The highest BCUT2D eigenvalue weighted by molar-refractivity contribution is 5.81. The van der Waals surface area contributed by atoms with E-state index >= 15 is 0 Å². The Bertz CT molecular complexity index is 1050. The summed E-state index contributed by atoms with van der Waals surface area (Å²) in [5.74, 6) is 3.67. The summed E-state index contributed by atoms with van der Waals surface area (Å²) in [5, 5.41) is 4.08. The molecule has 0 saturated carbocycles. The quantitative estimate of drug-likeness (QED) is 0.505. The molecular formula is C29H40N4O3. The normalized spacial score (nSPS) is 23.3. The monoisotopic (exact) mass is 492 g/mol. The van der Waals surface area contributed by atoms with E-state index in [1.54, 1.807) is 0 Å². The number of amides is 1. The van der Waals surface area contributed by atoms with E-state index in [9.17, 15) is 4.79 Å². The number of carbonyl (C=O) groups is 1. The van der Waals surface area contributed by atoms with E-state index in [1.165, 1.54) is 11.1 Å². The number of likely N-dealkylation sites (tertiary alicyclic amines) is 1. The molecule has 0 bridgehead atoms. The van der Waals surface area contributed by atoms with Crippen LogP contribution in [0, 0.1) is 17.8 Å². The maximum atomic E-state index is 12.8. The van der Waals surface area contributed by atoms with Gasteiger partial charge in [0.1, 0.15) is 5.75 Å². The molecule has 3 aliphatic rings. The van der Waals surface area contributed by atoms with Crippen LogP contribution in [0.25, 0.3) is 5.57 Å². The van der Waals surface area contributed by atoms with Crippen LogP contribution in [-0.2, 0) is 4.79 Å². The predicted octanol–water partition coefficient (Wildman–Crippen LogP) is 5.54. The Morgan fingerprint density at radius 2 is 1.89 bits per heavy atom. The molecule has 0 spiro atoms. The van der Waals surface area contributed by atoms with Crippen LogP contribution in [0.2, 0.25) is 0 Å². The number of nitrogens with zero attached hydrogens (tertiary/aromatic N) is 4. The van der Waals surface area contributed by atoms with Crippen molar-refractivity contribution in [3.8, 4) is 5.75 Å². The first kappa shape index (κ1) is 24.8. The molecule has 2 aromatic rings. The molecular weight excluding hydrogens is 452 g/mol. The van der Waals surface area contributed by atoms with Crippen LogP contribution in [0.4, 0.5) is 6.01 Å². The summed E-state index contributed by atoms with van der Waals surface area (Å²) < 4.78 is 11.6. The molecule has 194 valence electrons. The van der Waals surface area contributed by atoms with Crippen LogP contribution in [0.1, 0.15) is 76.6 Å². The molecule has 1 aliphatic carbocycles. The third kappa shape index (κ3) is 5.76. The summed E-state index contributed by atoms with van der Waals surface area (Å²) in [4.78, 5) is 21.6. The molecule has 1 aromatic heterocycles. The van der Waals surface area contributed by atoms with Gasteiger partial charge in [-0.05, 0) is 73.6 Å². The van der Waals surface area contributed by atoms with E-state index in [1.807, 2.05) is 0 Å². The zero-order valence-corrected chi connectivity index (χ0v) is 22.0. The third-order valence-electron chi connectivity index (χ3n) is 8.04. The second-order valence-corrected chi connectivity index (χ2v) is 11.2. The van der Waals surface area contributed by atoms with Gasteiger partial charge in [-0.15, -0.1) is 0 Å². The van der Waals surface area contributed by atoms with Crippen molar-refractivity contribution in [3.63, 3.8) is 0 Å². The largest absolute Gasteiger partial charge is 0.493 e. The van der Waals surface area contributed by atoms with E-state index in [0.717, 1.165) is 82.9 Å². The lowest BCUT2D eigenvalue weighted by atomic mass is 9.86. The van der Waals surface area contributed by atoms with Crippen molar-refractivity contribution >= 4 is 17.5 Å². The summed E-state index contributed by atoms with van der Waals surface area (Å²) in [6.45, 7) is 10.8. The zero-order valence-electron chi connectivity index (χ0n) is 22.0. The van der Waals surface area contributed by atoms with E-state index < -0.39 is 0 Å². The Hall–Kier alpha value is -2.83. The van der Waals surface area contributed by atoms with Gasteiger partial charge in [0.15, 0.2) is 5.82 Å². The van der Waals surface area contributed by atoms with Crippen molar-refractivity contribution < 1.29 is 14.1 Å². The first-order chi connectivity index (χ1) is 17.5. The highest BCUT2D eigenvalue weighted by atomic mass is 16.5. The standard InChI is InChI=1S/C29H40N4O3/c1-20(2)27-30-29(36-31-27)32-16-13-22(14-17-32)19-35-26-10-8-24(9-11-26)23-4-6-25(7-5-23)28(34)33-15-12-21(3)18-33/h4,8-11,20-22,25H,5-7,12-19H2,1-3H3/t21-,25?/m0/s1. The van der Waals surface area contributed by atoms with Gasteiger partial charge in [-0.1, -0.05) is 44.1 Å². The summed E-state index contributed by atoms with van der Waals surface area (Å²) >= 11 is 0. The fourth-order valence-corrected chi connectivity index (χ4v) is 5.57. The highest BCUT2D eigenvalue weighted by Gasteiger charge is 2.30. The van der Waals surface area contributed by atoms with Crippen molar-refractivity contribution in [2.24, 2.45) is 17.8 Å². The first-order valence-corrected chi connectivity index (χ1v) is 13.8. The minimum Gasteiger partial charge on any atom is -0.493 e. The second-order valence-electron chi connectivity index (χ2n) is 11.2. The van der Waals surface area contributed by atoms with Crippen LogP contribution >= 0.6 is 0 Å². The Kier molecular flexibility index (Phi) is 7.63. The van der Waals surface area contributed by atoms with Gasteiger partial charge in [0.2, 0.25) is 5.91 Å². The summed E-state index contributed by atoms with van der Waals surface area (Å²) in [6.07, 6.45) is 8.32. The molecule has 1 aromatic carbocycles. The number of aromatic nitrogens is 2. The van der Waals surface area contributed by atoms with E-state index in [-0.39, 0.29) is 11.8 Å². The minimum absolute atomic E-state index is 0.158. The Labute approximate surface area is 214 Å². The lowest BCUT2D eigenvalue weighted by Crippen LogP contribution is -2.35. The predicted molar refractivity (Wildman–Crippen MR) is 141 cm³/mol. The third-order valence-corrected chi connectivity index (χ3v) is 8.04.